The number of hydrogen-bond acceptors (Lipinski definition) is 13. The number of nitrogens with zero attached hydrogens (tertiary/aromatic N) is 3. The predicted molar refractivity (Wildman–Crippen MR) is 258 cm³/mol. The van der Waals surface area contributed by atoms with Crippen LogP contribution in [0.2, 0.25) is 0 Å². The zero-order valence-electron chi connectivity index (χ0n) is 39.0. The number of carbonyl (C=O) groups is 1. The minimum Gasteiger partial charge on any atom is -0.492 e. The maximum absolute atomic E-state index is 13.0. The molecule has 1 unspecified atom stereocenters. The molecule has 0 amide bonds. The van der Waals surface area contributed by atoms with Crippen molar-refractivity contribution in [3.63, 3.8) is 0 Å². The molecule has 0 aliphatic carbocycles. The van der Waals surface area contributed by atoms with Crippen LogP contribution in [-0.4, -0.2) is 111 Å². The van der Waals surface area contributed by atoms with Gasteiger partial charge in [-0.15, -0.1) is 4.73 Å². The Morgan fingerprint density at radius 3 is 2.32 bits per heavy atom. The van der Waals surface area contributed by atoms with Crippen molar-refractivity contribution >= 4 is 60.2 Å². The first-order valence-corrected chi connectivity index (χ1v) is 25.2. The van der Waals surface area contributed by atoms with Gasteiger partial charge < -0.3 is 34.2 Å². The molecule has 0 radical (unpaired) electrons. The normalized spacial score (nSPS) is 18.3. The van der Waals surface area contributed by atoms with E-state index >= 15 is 0 Å². The molecule has 3 aliphatic heterocycles. The van der Waals surface area contributed by atoms with Gasteiger partial charge in [-0.05, 0) is 76.0 Å². The van der Waals surface area contributed by atoms with Gasteiger partial charge in [0.1, 0.15) is 18.1 Å². The van der Waals surface area contributed by atoms with Crippen molar-refractivity contribution in [3.8, 4) is 17.5 Å². The fraction of sp³-hybridized carbons (Fsp3) is 0.360. The summed E-state index contributed by atoms with van der Waals surface area (Å²) < 4.78 is 85.3. The maximum Gasteiger partial charge on any atom is 0.333 e. The second-order valence-electron chi connectivity index (χ2n) is 17.5. The molecule has 0 fully saturated rings. The number of methoxy groups -OCH3 is 1. The smallest absolute Gasteiger partial charge is 0.333 e. The number of anilines is 1. The molecule has 68 heavy (non-hydrogen) atoms. The van der Waals surface area contributed by atoms with Gasteiger partial charge in [0.25, 0.3) is 20.2 Å². The summed E-state index contributed by atoms with van der Waals surface area (Å²) in [5.74, 6) is -0.705. The Morgan fingerprint density at radius 2 is 1.63 bits per heavy atom. The van der Waals surface area contributed by atoms with Gasteiger partial charge in [0.05, 0.1) is 48.5 Å². The number of benzene rings is 3. The van der Waals surface area contributed by atoms with Crippen molar-refractivity contribution in [1.82, 2.24) is 4.73 Å². The monoisotopic (exact) mass is 972 g/mol. The molecular weight excluding hydrogens is 915 g/mol. The second-order valence-corrected chi connectivity index (χ2v) is 20.8. The molecule has 3 aliphatic rings. The molecule has 0 spiro atoms. The molecule has 0 bridgehead atoms. The molecule has 7 rings (SSSR count). The number of hydrogen-bond donors (Lipinski definition) is 3. The lowest BCUT2D eigenvalue weighted by atomic mass is 9.75. The van der Waals surface area contributed by atoms with Crippen molar-refractivity contribution in [2.75, 3.05) is 57.8 Å². The van der Waals surface area contributed by atoms with Gasteiger partial charge in [0.15, 0.2) is 5.71 Å². The van der Waals surface area contributed by atoms with Gasteiger partial charge >= 0.3 is 5.97 Å². The molecule has 1 aromatic heterocycles. The molecule has 362 valence electrons. The van der Waals surface area contributed by atoms with Gasteiger partial charge in [-0.3, -0.25) is 8.74 Å². The number of fused-ring (bicyclic) bond motifs is 3. The van der Waals surface area contributed by atoms with Crippen molar-refractivity contribution in [1.29, 1.82) is 0 Å². The van der Waals surface area contributed by atoms with Crippen molar-refractivity contribution < 1.29 is 64.2 Å². The summed E-state index contributed by atoms with van der Waals surface area (Å²) >= 11 is 0. The molecule has 4 heterocycles. The molecule has 1 atom stereocenters. The topological polar surface area (TPSA) is 203 Å². The highest BCUT2D eigenvalue weighted by atomic mass is 32.2. The summed E-state index contributed by atoms with van der Waals surface area (Å²) in [7, 11) is -5.74. The number of allylic oxidation sites excluding steroid dienone is 6. The van der Waals surface area contributed by atoms with Crippen LogP contribution in [0.1, 0.15) is 75.6 Å². The Balaban J connectivity index is 1.32. The Labute approximate surface area is 397 Å². The van der Waals surface area contributed by atoms with E-state index in [0.717, 1.165) is 40.6 Å². The van der Waals surface area contributed by atoms with Gasteiger partial charge in [0.2, 0.25) is 17.4 Å². The van der Waals surface area contributed by atoms with E-state index in [0.29, 0.717) is 59.6 Å². The van der Waals surface area contributed by atoms with E-state index in [9.17, 15) is 36.4 Å². The average molecular weight is 973 g/mol. The molecule has 3 aromatic carbocycles. The largest absolute Gasteiger partial charge is 0.492 e. The highest BCUT2D eigenvalue weighted by Crippen LogP contribution is 2.48. The summed E-state index contributed by atoms with van der Waals surface area (Å²) in [6.45, 7) is 10.6. The zero-order chi connectivity index (χ0) is 49.0. The van der Waals surface area contributed by atoms with Crippen LogP contribution in [0.3, 0.4) is 0 Å². The molecule has 0 saturated heterocycles. The highest BCUT2D eigenvalue weighted by Gasteiger charge is 2.48. The summed E-state index contributed by atoms with van der Waals surface area (Å²) in [5.41, 5.74) is 6.11. The lowest BCUT2D eigenvalue weighted by Gasteiger charge is -2.44. The summed E-state index contributed by atoms with van der Waals surface area (Å²) in [6, 6.07) is 20.6. The molecule has 18 heteroatoms. The van der Waals surface area contributed by atoms with E-state index in [2.05, 4.69) is 43.9 Å². The van der Waals surface area contributed by atoms with E-state index in [-0.39, 0.29) is 48.4 Å². The third-order valence-electron chi connectivity index (χ3n) is 12.5. The Kier molecular flexibility index (Phi) is 14.9. The van der Waals surface area contributed by atoms with Crippen LogP contribution < -0.4 is 14.5 Å². The van der Waals surface area contributed by atoms with E-state index in [4.69, 9.17) is 23.2 Å². The Bertz CT molecular complexity index is 2930. The lowest BCUT2D eigenvalue weighted by molar-refractivity contribution is -0.437. The summed E-state index contributed by atoms with van der Waals surface area (Å²) in [6.07, 6.45) is 10.4. The number of aromatic hydroxyl groups is 2. The van der Waals surface area contributed by atoms with Gasteiger partial charge in [-0.1, -0.05) is 48.6 Å². The number of ether oxygens (including phenoxy) is 3. The van der Waals surface area contributed by atoms with Crippen LogP contribution in [0.4, 0.5) is 11.4 Å². The lowest BCUT2D eigenvalue weighted by Crippen LogP contribution is -2.46. The maximum atomic E-state index is 13.0. The Hall–Kier alpha value is -6.02. The third-order valence-corrected chi connectivity index (χ3v) is 14.6. The fourth-order valence-corrected chi connectivity index (χ4v) is 10.3. The quantitative estimate of drug-likeness (QED) is 0.0341. The first-order chi connectivity index (χ1) is 32.3. The third kappa shape index (κ3) is 10.8. The van der Waals surface area contributed by atoms with E-state index in [1.807, 2.05) is 66.1 Å². The van der Waals surface area contributed by atoms with E-state index < -0.39 is 43.4 Å². The van der Waals surface area contributed by atoms with Crippen LogP contribution in [0.25, 0.3) is 16.9 Å². The minimum absolute atomic E-state index is 0.138. The van der Waals surface area contributed by atoms with Gasteiger partial charge in [-0.25, -0.2) is 4.79 Å². The van der Waals surface area contributed by atoms with Crippen LogP contribution in [-0.2, 0) is 44.1 Å². The van der Waals surface area contributed by atoms with E-state index in [1.54, 1.807) is 13.2 Å². The summed E-state index contributed by atoms with van der Waals surface area (Å²) in [4.78, 5) is 20.2. The number of carbonyl (C=O) groups excluding carboxylic acids is 1. The molecule has 16 nitrogen and oxygen atoms in total. The van der Waals surface area contributed by atoms with Crippen molar-refractivity contribution in [3.05, 3.63) is 125 Å². The predicted octanol–water partition coefficient (Wildman–Crippen LogP) is 7.43. The first-order valence-electron chi connectivity index (χ1n) is 22.2. The average Bonchev–Trinajstić information content (AvgIpc) is 3.73. The van der Waals surface area contributed by atoms with Crippen molar-refractivity contribution in [2.45, 2.75) is 69.2 Å². The van der Waals surface area contributed by atoms with Crippen molar-refractivity contribution in [2.24, 2.45) is 0 Å². The number of rotatable bonds is 20. The minimum atomic E-state index is -4.65. The highest BCUT2D eigenvalue weighted by molar-refractivity contribution is 7.86. The standard InChI is InChI=1S/C50H57N3O13S2/c1-34-33-49(2,3)52(24-25-64-27-26-62-5)42-32-44-39(31-38(34)42)36(29-43(65-44)35-13-8-7-9-14-35)15-10-16-45-50(4,22-11-17-48(56)66-53-46(54)20-21-47(53)55)40-30-37(68(59,60)61)18-19-41(40)51(45)23-12-28-67(57,58)63-6/h7-10,13-16,18-21,29-33H,11-12,17,22-28H2,1-6H3,(H2-,54,55,59,60,61)/p+1. The first kappa shape index (κ1) is 49.9. The molecular formula is C50H58N3O13S2+. The zero-order valence-corrected chi connectivity index (χ0v) is 40.6. The molecule has 0 saturated carbocycles. The van der Waals surface area contributed by atoms with Gasteiger partial charge in [-0.2, -0.15) is 21.4 Å². The van der Waals surface area contributed by atoms with E-state index in [1.165, 1.54) is 24.3 Å². The van der Waals surface area contributed by atoms with Crippen LogP contribution in [0.15, 0.2) is 108 Å². The molecule has 3 N–H and O–H groups in total. The Morgan fingerprint density at radius 1 is 0.897 bits per heavy atom. The summed E-state index contributed by atoms with van der Waals surface area (Å²) in [5, 5.41) is 20.1. The SMILES string of the molecule is COCCOCCN1c2cc3c(cc2C(C)=CC1(C)C)C(=CC=CC1=[N+](CCCS(=O)(=O)OC)c2ccc(S(=O)(=O)O)cc2C1(C)CCCC(=O)On1c(O)ccc1O)C=C(c1ccccc1)O3. The van der Waals surface area contributed by atoms with Crippen LogP contribution >= 0.6 is 0 Å². The second kappa shape index (κ2) is 20.3. The molecule has 4 aromatic rings. The number of aromatic nitrogens is 1. The van der Waals surface area contributed by atoms with Gasteiger partial charge in [0, 0.05) is 84.8 Å². The van der Waals surface area contributed by atoms with Crippen LogP contribution in [0.5, 0.6) is 17.5 Å². The fourth-order valence-electron chi connectivity index (χ4n) is 9.12. The van der Waals surface area contributed by atoms with Crippen LogP contribution in [0, 0.1) is 0 Å².